The van der Waals surface area contributed by atoms with Crippen LogP contribution in [-0.2, 0) is 9.47 Å². The second-order valence-corrected chi connectivity index (χ2v) is 2.24. The third-order valence-corrected chi connectivity index (χ3v) is 1.46. The molecule has 0 aromatic heterocycles. The Morgan fingerprint density at radius 2 is 1.64 bits per heavy atom. The third-order valence-electron chi connectivity index (χ3n) is 1.46. The molecule has 0 saturated carbocycles. The van der Waals surface area contributed by atoms with Crippen molar-refractivity contribution in [1.29, 1.82) is 0 Å². The first-order valence-corrected chi connectivity index (χ1v) is 3.24. The first kappa shape index (κ1) is 10.8. The van der Waals surface area contributed by atoms with E-state index in [-0.39, 0.29) is 0 Å². The number of ether oxygens (including phenoxy) is 2. The lowest BCUT2D eigenvalue weighted by molar-refractivity contribution is -0.310. The monoisotopic (exact) mass is 166 g/mol. The van der Waals surface area contributed by atoms with Gasteiger partial charge in [0.2, 0.25) is 0 Å². The average molecular weight is 166 g/mol. The first-order valence-electron chi connectivity index (χ1n) is 3.24. The summed E-state index contributed by atoms with van der Waals surface area (Å²) < 4.78 is 9.31. The van der Waals surface area contributed by atoms with Gasteiger partial charge < -0.3 is 24.8 Å². The highest BCUT2D eigenvalue weighted by molar-refractivity contribution is 4.68. The Kier molecular flexibility index (Phi) is 4.55. The van der Waals surface area contributed by atoms with Gasteiger partial charge in [-0.1, -0.05) is 0 Å². The quantitative estimate of drug-likeness (QED) is 0.457. The Labute approximate surface area is 65.2 Å². The van der Waals surface area contributed by atoms with Gasteiger partial charge in [-0.15, -0.1) is 0 Å². The van der Waals surface area contributed by atoms with E-state index >= 15 is 0 Å². The van der Waals surface area contributed by atoms with Crippen molar-refractivity contribution in [1.82, 2.24) is 0 Å². The molecule has 1 unspecified atom stereocenters. The fraction of sp³-hybridized carbons (Fsp3) is 1.00. The maximum Gasteiger partial charge on any atom is 0.196 e. The SMILES string of the molecule is CC(O)C(C)(OCO)OCO. The Morgan fingerprint density at radius 1 is 1.27 bits per heavy atom. The summed E-state index contributed by atoms with van der Waals surface area (Å²) in [5.41, 5.74) is 0. The van der Waals surface area contributed by atoms with Crippen LogP contribution in [0, 0.1) is 0 Å². The molecule has 0 aromatic carbocycles. The summed E-state index contributed by atoms with van der Waals surface area (Å²) in [6.45, 7) is 1.72. The third kappa shape index (κ3) is 3.13. The highest BCUT2D eigenvalue weighted by Gasteiger charge is 2.31. The highest BCUT2D eigenvalue weighted by atomic mass is 16.8. The van der Waals surface area contributed by atoms with Crippen molar-refractivity contribution in [3.8, 4) is 0 Å². The topological polar surface area (TPSA) is 79.2 Å². The molecule has 68 valence electrons. The first-order chi connectivity index (χ1) is 5.06. The van der Waals surface area contributed by atoms with E-state index in [1.807, 2.05) is 0 Å². The molecular weight excluding hydrogens is 152 g/mol. The summed E-state index contributed by atoms with van der Waals surface area (Å²) in [6.07, 6.45) is -0.929. The van der Waals surface area contributed by atoms with Gasteiger partial charge in [0.1, 0.15) is 19.7 Å². The van der Waals surface area contributed by atoms with Gasteiger partial charge >= 0.3 is 0 Å². The second-order valence-electron chi connectivity index (χ2n) is 2.24. The van der Waals surface area contributed by atoms with E-state index in [1.54, 1.807) is 0 Å². The molecule has 0 saturated heterocycles. The molecule has 0 aliphatic rings. The van der Waals surface area contributed by atoms with Crippen LogP contribution in [0.25, 0.3) is 0 Å². The van der Waals surface area contributed by atoms with Crippen LogP contribution in [0.15, 0.2) is 0 Å². The van der Waals surface area contributed by atoms with Crippen LogP contribution in [0.5, 0.6) is 0 Å². The molecule has 0 bridgehead atoms. The lowest BCUT2D eigenvalue weighted by Gasteiger charge is -2.30. The van der Waals surface area contributed by atoms with Crippen LogP contribution in [0.1, 0.15) is 13.8 Å². The fourth-order valence-electron chi connectivity index (χ4n) is 0.539. The van der Waals surface area contributed by atoms with Gasteiger partial charge in [0.15, 0.2) is 5.79 Å². The molecule has 0 aromatic rings. The zero-order valence-electron chi connectivity index (χ0n) is 6.65. The van der Waals surface area contributed by atoms with Crippen molar-refractivity contribution >= 4 is 0 Å². The minimum atomic E-state index is -1.34. The standard InChI is InChI=1S/C6H14O5/c1-5(9)6(2,10-3-7)11-4-8/h5,7-9H,3-4H2,1-2H3. The summed E-state index contributed by atoms with van der Waals surface area (Å²) in [5, 5.41) is 25.8. The predicted octanol–water partition coefficient (Wildman–Crippen LogP) is -0.984. The molecular formula is C6H14O5. The van der Waals surface area contributed by atoms with Crippen LogP contribution in [0.3, 0.4) is 0 Å². The van der Waals surface area contributed by atoms with E-state index in [4.69, 9.17) is 15.3 Å². The van der Waals surface area contributed by atoms with Gasteiger partial charge in [0.25, 0.3) is 0 Å². The number of hydrogen-bond acceptors (Lipinski definition) is 5. The second kappa shape index (κ2) is 4.63. The average Bonchev–Trinajstić information content (AvgIpc) is 1.88. The number of rotatable bonds is 5. The van der Waals surface area contributed by atoms with Crippen LogP contribution in [-0.4, -0.2) is 40.8 Å². The van der Waals surface area contributed by atoms with E-state index < -0.39 is 25.5 Å². The molecule has 0 amide bonds. The molecule has 0 heterocycles. The molecule has 0 aliphatic carbocycles. The molecule has 0 radical (unpaired) electrons. The molecule has 0 fully saturated rings. The molecule has 5 nitrogen and oxygen atoms in total. The Hall–Kier alpha value is -0.200. The van der Waals surface area contributed by atoms with E-state index in [1.165, 1.54) is 13.8 Å². The Bertz CT molecular complexity index is 97.1. The van der Waals surface area contributed by atoms with Crippen molar-refractivity contribution in [3.63, 3.8) is 0 Å². The van der Waals surface area contributed by atoms with Crippen molar-refractivity contribution in [3.05, 3.63) is 0 Å². The van der Waals surface area contributed by atoms with Crippen molar-refractivity contribution in [2.24, 2.45) is 0 Å². The van der Waals surface area contributed by atoms with Crippen LogP contribution >= 0.6 is 0 Å². The largest absolute Gasteiger partial charge is 0.388 e. The molecule has 5 heteroatoms. The summed E-state index contributed by atoms with van der Waals surface area (Å²) >= 11 is 0. The smallest absolute Gasteiger partial charge is 0.196 e. The Balaban J connectivity index is 4.01. The molecule has 3 N–H and O–H groups in total. The van der Waals surface area contributed by atoms with E-state index in [0.717, 1.165) is 0 Å². The van der Waals surface area contributed by atoms with Gasteiger partial charge in [-0.25, -0.2) is 0 Å². The van der Waals surface area contributed by atoms with Gasteiger partial charge in [-0.05, 0) is 13.8 Å². The van der Waals surface area contributed by atoms with Gasteiger partial charge in [-0.2, -0.15) is 0 Å². The number of hydrogen-bond donors (Lipinski definition) is 3. The normalized spacial score (nSPS) is 15.0. The predicted molar refractivity (Wildman–Crippen MR) is 36.4 cm³/mol. The van der Waals surface area contributed by atoms with Gasteiger partial charge in [0, 0.05) is 0 Å². The highest BCUT2D eigenvalue weighted by Crippen LogP contribution is 2.16. The van der Waals surface area contributed by atoms with Crippen molar-refractivity contribution in [2.45, 2.75) is 25.7 Å². The van der Waals surface area contributed by atoms with Crippen LogP contribution in [0.4, 0.5) is 0 Å². The Morgan fingerprint density at radius 3 is 1.82 bits per heavy atom. The lowest BCUT2D eigenvalue weighted by atomic mass is 10.2. The molecule has 0 spiro atoms. The molecule has 0 rings (SSSR count). The number of aliphatic hydroxyl groups excluding tert-OH is 3. The molecule has 0 aliphatic heterocycles. The van der Waals surface area contributed by atoms with Crippen molar-refractivity contribution in [2.75, 3.05) is 13.6 Å². The number of aliphatic hydroxyl groups is 3. The van der Waals surface area contributed by atoms with E-state index in [0.29, 0.717) is 0 Å². The summed E-state index contributed by atoms with van der Waals surface area (Å²) in [4.78, 5) is 0. The lowest BCUT2D eigenvalue weighted by Crippen LogP contribution is -2.43. The maximum absolute atomic E-state index is 9.06. The summed E-state index contributed by atoms with van der Waals surface area (Å²) in [5.74, 6) is -1.34. The van der Waals surface area contributed by atoms with Crippen molar-refractivity contribution < 1.29 is 24.8 Å². The fourth-order valence-corrected chi connectivity index (χ4v) is 0.539. The molecule has 1 atom stereocenters. The maximum atomic E-state index is 9.06. The minimum absolute atomic E-state index is 0.568. The van der Waals surface area contributed by atoms with E-state index in [2.05, 4.69) is 9.47 Å². The molecule has 11 heavy (non-hydrogen) atoms. The summed E-state index contributed by atoms with van der Waals surface area (Å²) in [7, 11) is 0. The summed E-state index contributed by atoms with van der Waals surface area (Å²) in [6, 6.07) is 0. The van der Waals surface area contributed by atoms with Crippen LogP contribution < -0.4 is 0 Å². The zero-order valence-corrected chi connectivity index (χ0v) is 6.65. The van der Waals surface area contributed by atoms with Gasteiger partial charge in [0.05, 0.1) is 0 Å². The van der Waals surface area contributed by atoms with E-state index in [9.17, 15) is 0 Å². The minimum Gasteiger partial charge on any atom is -0.388 e. The van der Waals surface area contributed by atoms with Crippen LogP contribution in [0.2, 0.25) is 0 Å². The van der Waals surface area contributed by atoms with Gasteiger partial charge in [-0.3, -0.25) is 0 Å². The zero-order chi connectivity index (χ0) is 8.91.